The Hall–Kier alpha value is -1.69. The van der Waals surface area contributed by atoms with Gasteiger partial charge in [0.05, 0.1) is 23.9 Å². The van der Waals surface area contributed by atoms with E-state index in [1.54, 1.807) is 37.0 Å². The predicted molar refractivity (Wildman–Crippen MR) is 69.4 cm³/mol. The molecule has 0 unspecified atom stereocenters. The zero-order chi connectivity index (χ0) is 13.3. The number of carbonyl (C=O) groups is 2. The number of hydrogen-bond acceptors (Lipinski definition) is 4. The third-order valence-electron chi connectivity index (χ3n) is 2.55. The number of esters is 1. The number of aromatic nitrogens is 2. The minimum atomic E-state index is -0.835. The number of ether oxygens (including phenoxy) is 1. The van der Waals surface area contributed by atoms with Gasteiger partial charge in [-0.15, -0.1) is 0 Å². The molecule has 18 heavy (non-hydrogen) atoms. The van der Waals surface area contributed by atoms with Crippen molar-refractivity contribution in [2.24, 2.45) is 7.05 Å². The molecule has 2 aromatic rings. The van der Waals surface area contributed by atoms with E-state index in [-0.39, 0.29) is 6.61 Å². The van der Waals surface area contributed by atoms with Crippen LogP contribution in [0.5, 0.6) is 0 Å². The molecule has 0 amide bonds. The van der Waals surface area contributed by atoms with E-state index in [1.165, 1.54) is 0 Å². The first-order valence-electron chi connectivity index (χ1n) is 5.36. The topological polar surface area (TPSA) is 61.2 Å². The highest BCUT2D eigenvalue weighted by Crippen LogP contribution is 2.23. The Morgan fingerprint density at radius 2 is 2.22 bits per heavy atom. The van der Waals surface area contributed by atoms with E-state index < -0.39 is 11.8 Å². The SMILES string of the molecule is CCOC(=O)C(=O)c1cn(C)c2cnc(Br)cc12. The zero-order valence-electron chi connectivity index (χ0n) is 9.94. The van der Waals surface area contributed by atoms with E-state index in [4.69, 9.17) is 4.74 Å². The average Bonchev–Trinajstić information content (AvgIpc) is 2.65. The maximum atomic E-state index is 11.9. The third-order valence-corrected chi connectivity index (χ3v) is 2.98. The van der Waals surface area contributed by atoms with Crippen molar-refractivity contribution in [2.75, 3.05) is 6.61 Å². The van der Waals surface area contributed by atoms with Crippen LogP contribution in [0.25, 0.3) is 10.9 Å². The lowest BCUT2D eigenvalue weighted by atomic mass is 10.1. The Balaban J connectivity index is 2.54. The highest BCUT2D eigenvalue weighted by molar-refractivity contribution is 9.10. The molecule has 0 bridgehead atoms. The molecule has 0 aliphatic rings. The molecule has 2 heterocycles. The summed E-state index contributed by atoms with van der Waals surface area (Å²) in [5, 5.41) is 0.678. The van der Waals surface area contributed by atoms with Gasteiger partial charge in [-0.05, 0) is 28.9 Å². The van der Waals surface area contributed by atoms with Crippen molar-refractivity contribution in [3.63, 3.8) is 0 Å². The molecule has 0 saturated carbocycles. The van der Waals surface area contributed by atoms with E-state index in [9.17, 15) is 9.59 Å². The monoisotopic (exact) mass is 310 g/mol. The van der Waals surface area contributed by atoms with Crippen LogP contribution in [-0.4, -0.2) is 27.9 Å². The van der Waals surface area contributed by atoms with Gasteiger partial charge in [-0.1, -0.05) is 0 Å². The van der Waals surface area contributed by atoms with Crippen molar-refractivity contribution in [3.8, 4) is 0 Å². The summed E-state index contributed by atoms with van der Waals surface area (Å²) in [4.78, 5) is 27.5. The number of hydrogen-bond donors (Lipinski definition) is 0. The summed E-state index contributed by atoms with van der Waals surface area (Å²) in [5.41, 5.74) is 1.11. The number of Topliss-reactive ketones (excluding diaryl/α,β-unsaturated/α-hetero) is 1. The standard InChI is InChI=1S/C12H11BrN2O3/c1-3-18-12(17)11(16)8-6-15(2)9-5-14-10(13)4-7(8)9/h4-6H,3H2,1-2H3. The van der Waals surface area contributed by atoms with Gasteiger partial charge in [-0.3, -0.25) is 4.79 Å². The number of fused-ring (bicyclic) bond motifs is 1. The second-order valence-electron chi connectivity index (χ2n) is 3.73. The highest BCUT2D eigenvalue weighted by atomic mass is 79.9. The van der Waals surface area contributed by atoms with E-state index in [0.717, 1.165) is 5.52 Å². The van der Waals surface area contributed by atoms with Gasteiger partial charge in [0.25, 0.3) is 5.78 Å². The molecule has 0 N–H and O–H groups in total. The zero-order valence-corrected chi connectivity index (χ0v) is 11.5. The fraction of sp³-hybridized carbons (Fsp3) is 0.250. The quantitative estimate of drug-likeness (QED) is 0.377. The first kappa shape index (κ1) is 12.8. The van der Waals surface area contributed by atoms with Crippen molar-refractivity contribution in [1.82, 2.24) is 9.55 Å². The number of carbonyl (C=O) groups excluding carboxylic acids is 2. The number of rotatable bonds is 3. The van der Waals surface area contributed by atoms with Crippen molar-refractivity contribution < 1.29 is 14.3 Å². The Morgan fingerprint density at radius 1 is 1.50 bits per heavy atom. The van der Waals surface area contributed by atoms with Crippen LogP contribution in [0.1, 0.15) is 17.3 Å². The highest BCUT2D eigenvalue weighted by Gasteiger charge is 2.22. The van der Waals surface area contributed by atoms with Crippen LogP contribution in [0, 0.1) is 0 Å². The predicted octanol–water partition coefficient (Wildman–Crippen LogP) is 2.08. The number of pyridine rings is 1. The fourth-order valence-electron chi connectivity index (χ4n) is 1.74. The largest absolute Gasteiger partial charge is 0.460 e. The van der Waals surface area contributed by atoms with Crippen LogP contribution in [-0.2, 0) is 16.6 Å². The molecule has 2 aromatic heterocycles. The van der Waals surface area contributed by atoms with E-state index in [1.807, 2.05) is 0 Å². The molecule has 0 aliphatic heterocycles. The maximum Gasteiger partial charge on any atom is 0.379 e. The Bertz CT molecular complexity index is 634. The van der Waals surface area contributed by atoms with Crippen molar-refractivity contribution >= 4 is 38.6 Å². The normalized spacial score (nSPS) is 10.6. The van der Waals surface area contributed by atoms with Gasteiger partial charge in [-0.2, -0.15) is 0 Å². The second kappa shape index (κ2) is 4.89. The van der Waals surface area contributed by atoms with Crippen LogP contribution in [0.3, 0.4) is 0 Å². The van der Waals surface area contributed by atoms with Crippen molar-refractivity contribution in [3.05, 3.63) is 28.6 Å². The smallest absolute Gasteiger partial charge is 0.379 e. The molecule has 2 rings (SSSR count). The number of nitrogens with zero attached hydrogens (tertiary/aromatic N) is 2. The summed E-state index contributed by atoms with van der Waals surface area (Å²) in [7, 11) is 1.79. The minimum Gasteiger partial charge on any atom is -0.460 e. The molecular formula is C12H11BrN2O3. The van der Waals surface area contributed by atoms with E-state index in [0.29, 0.717) is 15.6 Å². The van der Waals surface area contributed by atoms with Gasteiger partial charge >= 0.3 is 5.97 Å². The minimum absolute atomic E-state index is 0.181. The molecule has 0 saturated heterocycles. The Labute approximate surface area is 112 Å². The molecule has 5 nitrogen and oxygen atoms in total. The molecule has 0 aliphatic carbocycles. The fourth-order valence-corrected chi connectivity index (χ4v) is 2.07. The van der Waals surface area contributed by atoms with Gasteiger partial charge in [0.1, 0.15) is 4.60 Å². The lowest BCUT2D eigenvalue weighted by molar-refractivity contribution is -0.137. The Morgan fingerprint density at radius 3 is 2.89 bits per heavy atom. The van der Waals surface area contributed by atoms with Gasteiger partial charge < -0.3 is 9.30 Å². The van der Waals surface area contributed by atoms with Crippen LogP contribution in [0.4, 0.5) is 0 Å². The number of aryl methyl sites for hydroxylation is 1. The first-order valence-corrected chi connectivity index (χ1v) is 6.16. The van der Waals surface area contributed by atoms with Crippen LogP contribution in [0.2, 0.25) is 0 Å². The Kier molecular flexibility index (Phi) is 3.47. The molecular weight excluding hydrogens is 300 g/mol. The summed E-state index contributed by atoms with van der Waals surface area (Å²) in [6, 6.07) is 1.71. The molecule has 0 aromatic carbocycles. The average molecular weight is 311 g/mol. The first-order chi connectivity index (χ1) is 8.54. The van der Waals surface area contributed by atoms with Crippen LogP contribution in [0.15, 0.2) is 23.1 Å². The number of ketones is 1. The molecule has 0 atom stereocenters. The maximum absolute atomic E-state index is 11.9. The van der Waals surface area contributed by atoms with Crippen LogP contribution < -0.4 is 0 Å². The van der Waals surface area contributed by atoms with Gasteiger partial charge in [0, 0.05) is 18.6 Å². The van der Waals surface area contributed by atoms with Gasteiger partial charge in [0.2, 0.25) is 0 Å². The molecule has 0 fully saturated rings. The summed E-state index contributed by atoms with van der Waals surface area (Å²) in [6.07, 6.45) is 3.25. The van der Waals surface area contributed by atoms with E-state index in [2.05, 4.69) is 20.9 Å². The van der Waals surface area contributed by atoms with Gasteiger partial charge in [0.15, 0.2) is 0 Å². The molecule has 6 heteroatoms. The summed E-state index contributed by atoms with van der Waals surface area (Å²) in [5.74, 6) is -1.47. The summed E-state index contributed by atoms with van der Waals surface area (Å²) >= 11 is 3.24. The number of halogens is 1. The lowest BCUT2D eigenvalue weighted by Crippen LogP contribution is -2.17. The molecule has 0 spiro atoms. The van der Waals surface area contributed by atoms with Crippen molar-refractivity contribution in [1.29, 1.82) is 0 Å². The third kappa shape index (κ3) is 2.15. The second-order valence-corrected chi connectivity index (χ2v) is 4.54. The summed E-state index contributed by atoms with van der Waals surface area (Å²) < 4.78 is 7.08. The summed E-state index contributed by atoms with van der Waals surface area (Å²) in [6.45, 7) is 1.84. The van der Waals surface area contributed by atoms with Crippen molar-refractivity contribution in [2.45, 2.75) is 6.92 Å². The molecule has 0 radical (unpaired) electrons. The lowest BCUT2D eigenvalue weighted by Gasteiger charge is -1.99. The van der Waals surface area contributed by atoms with E-state index >= 15 is 0 Å². The molecule has 94 valence electrons. The van der Waals surface area contributed by atoms with Gasteiger partial charge in [-0.25, -0.2) is 9.78 Å². The van der Waals surface area contributed by atoms with Crippen LogP contribution >= 0.6 is 15.9 Å².